The minimum atomic E-state index is -0.0104. The summed E-state index contributed by atoms with van der Waals surface area (Å²) in [5.74, 6) is 3.16. The van der Waals surface area contributed by atoms with Gasteiger partial charge in [0.2, 0.25) is 5.91 Å². The third-order valence-corrected chi connectivity index (χ3v) is 6.59. The molecule has 2 fully saturated rings. The smallest absolute Gasteiger partial charge is 0.223 e. The number of thioether (sulfide) groups is 1. The third-order valence-electron chi connectivity index (χ3n) is 5.65. The fourth-order valence-corrected chi connectivity index (χ4v) is 4.58. The van der Waals surface area contributed by atoms with Crippen molar-refractivity contribution in [3.63, 3.8) is 0 Å². The molecule has 2 rings (SSSR count). The van der Waals surface area contributed by atoms with Gasteiger partial charge in [-0.05, 0) is 24.2 Å². The van der Waals surface area contributed by atoms with Crippen LogP contribution in [0.15, 0.2) is 0 Å². The molecular formula is C16H31N3OS. The van der Waals surface area contributed by atoms with E-state index in [-0.39, 0.29) is 23.3 Å². The lowest BCUT2D eigenvalue weighted by Gasteiger charge is -2.46. The van der Waals surface area contributed by atoms with Gasteiger partial charge >= 0.3 is 0 Å². The van der Waals surface area contributed by atoms with Crippen LogP contribution in [0.25, 0.3) is 0 Å². The van der Waals surface area contributed by atoms with Crippen LogP contribution in [0.5, 0.6) is 0 Å². The van der Waals surface area contributed by atoms with Crippen molar-refractivity contribution in [2.45, 2.75) is 39.7 Å². The van der Waals surface area contributed by atoms with Crippen LogP contribution in [0.3, 0.4) is 0 Å². The predicted octanol–water partition coefficient (Wildman–Crippen LogP) is 1.55. The van der Waals surface area contributed by atoms with E-state index in [0.29, 0.717) is 5.92 Å². The van der Waals surface area contributed by atoms with Crippen LogP contribution in [0.1, 0.15) is 33.6 Å². The second kappa shape index (κ2) is 7.34. The highest BCUT2D eigenvalue weighted by Crippen LogP contribution is 2.44. The van der Waals surface area contributed by atoms with Crippen LogP contribution in [0, 0.1) is 17.3 Å². The van der Waals surface area contributed by atoms with E-state index in [2.05, 4.69) is 31.0 Å². The van der Waals surface area contributed by atoms with Gasteiger partial charge < -0.3 is 11.1 Å². The van der Waals surface area contributed by atoms with E-state index in [1.54, 1.807) is 0 Å². The number of hydrogen-bond donors (Lipinski definition) is 2. The zero-order valence-corrected chi connectivity index (χ0v) is 14.5. The Hall–Kier alpha value is -0.260. The van der Waals surface area contributed by atoms with Gasteiger partial charge in [0.05, 0.1) is 0 Å². The molecule has 0 aromatic heterocycles. The maximum Gasteiger partial charge on any atom is 0.223 e. The zero-order valence-electron chi connectivity index (χ0n) is 13.7. The number of carbonyl (C=O) groups excluding carboxylic acids is 1. The van der Waals surface area contributed by atoms with E-state index in [0.717, 1.165) is 39.0 Å². The lowest BCUT2D eigenvalue weighted by atomic mass is 9.61. The molecule has 5 heteroatoms. The van der Waals surface area contributed by atoms with Crippen molar-refractivity contribution in [2.75, 3.05) is 37.7 Å². The molecule has 3 N–H and O–H groups in total. The highest BCUT2D eigenvalue weighted by atomic mass is 32.2. The molecule has 1 heterocycles. The van der Waals surface area contributed by atoms with E-state index in [1.807, 2.05) is 11.8 Å². The Morgan fingerprint density at radius 2 is 2.00 bits per heavy atom. The molecule has 4 nitrogen and oxygen atoms in total. The van der Waals surface area contributed by atoms with E-state index < -0.39 is 0 Å². The molecule has 1 aliphatic carbocycles. The summed E-state index contributed by atoms with van der Waals surface area (Å²) in [6.07, 6.45) is 1.89. The predicted molar refractivity (Wildman–Crippen MR) is 90.4 cm³/mol. The quantitative estimate of drug-likeness (QED) is 0.827. The summed E-state index contributed by atoms with van der Waals surface area (Å²) in [5, 5.41) is 3.16. The second-order valence-electron chi connectivity index (χ2n) is 7.15. The number of amides is 1. The molecule has 0 radical (unpaired) electrons. The fraction of sp³-hybridized carbons (Fsp3) is 0.938. The van der Waals surface area contributed by atoms with Crippen LogP contribution >= 0.6 is 11.8 Å². The Bertz CT molecular complexity index is 355. The topological polar surface area (TPSA) is 58.4 Å². The number of carbonyl (C=O) groups is 1. The summed E-state index contributed by atoms with van der Waals surface area (Å²) in [6.45, 7) is 10.6. The van der Waals surface area contributed by atoms with Gasteiger partial charge in [-0.25, -0.2) is 0 Å². The normalized spacial score (nSPS) is 33.6. The zero-order chi connectivity index (χ0) is 15.5. The monoisotopic (exact) mass is 313 g/mol. The van der Waals surface area contributed by atoms with Crippen molar-refractivity contribution < 1.29 is 4.79 Å². The summed E-state index contributed by atoms with van der Waals surface area (Å²) in [5.41, 5.74) is 6.16. The molecule has 0 aromatic carbocycles. The van der Waals surface area contributed by atoms with Crippen molar-refractivity contribution in [1.82, 2.24) is 10.2 Å². The molecule has 1 aliphatic heterocycles. The van der Waals surface area contributed by atoms with Crippen LogP contribution in [-0.2, 0) is 4.79 Å². The molecule has 0 spiro atoms. The first kappa shape index (κ1) is 17.1. The Balaban J connectivity index is 1.79. The van der Waals surface area contributed by atoms with Crippen molar-refractivity contribution in [3.8, 4) is 0 Å². The summed E-state index contributed by atoms with van der Waals surface area (Å²) in [7, 11) is 0. The Kier molecular flexibility index (Phi) is 5.97. The Morgan fingerprint density at radius 3 is 2.67 bits per heavy atom. The van der Waals surface area contributed by atoms with Gasteiger partial charge in [0.1, 0.15) is 0 Å². The first-order valence-electron chi connectivity index (χ1n) is 8.26. The summed E-state index contributed by atoms with van der Waals surface area (Å²) in [4.78, 5) is 15.0. The molecule has 3 unspecified atom stereocenters. The SMILES string of the molecule is CC1C(N)CCC(C(=O)NCCN2CCSCC2)C1(C)C. The highest BCUT2D eigenvalue weighted by Gasteiger charge is 2.44. The minimum absolute atomic E-state index is 0.0104. The molecule has 0 aromatic rings. The molecule has 122 valence electrons. The number of hydrogen-bond acceptors (Lipinski definition) is 4. The lowest BCUT2D eigenvalue weighted by Crippen LogP contribution is -2.52. The molecule has 21 heavy (non-hydrogen) atoms. The lowest BCUT2D eigenvalue weighted by molar-refractivity contribution is -0.132. The van der Waals surface area contributed by atoms with Gasteiger partial charge in [-0.15, -0.1) is 0 Å². The first-order valence-corrected chi connectivity index (χ1v) is 9.41. The average molecular weight is 314 g/mol. The van der Waals surface area contributed by atoms with Gasteiger partial charge in [0, 0.05) is 49.6 Å². The van der Waals surface area contributed by atoms with Gasteiger partial charge in [0.15, 0.2) is 0 Å². The van der Waals surface area contributed by atoms with Crippen molar-refractivity contribution in [3.05, 3.63) is 0 Å². The van der Waals surface area contributed by atoms with Crippen LogP contribution in [-0.4, -0.2) is 54.5 Å². The Morgan fingerprint density at radius 1 is 1.33 bits per heavy atom. The van der Waals surface area contributed by atoms with Crippen LogP contribution in [0.4, 0.5) is 0 Å². The average Bonchev–Trinajstić information content (AvgIpc) is 2.46. The number of nitrogens with one attached hydrogen (secondary N) is 1. The van der Waals surface area contributed by atoms with E-state index in [9.17, 15) is 4.79 Å². The standard InChI is InChI=1S/C16H31N3OS/c1-12-14(17)5-4-13(16(12,2)3)15(20)18-6-7-19-8-10-21-11-9-19/h12-14H,4-11,17H2,1-3H3,(H,18,20). The molecule has 3 atom stereocenters. The first-order chi connectivity index (χ1) is 9.93. The molecular weight excluding hydrogens is 282 g/mol. The van der Waals surface area contributed by atoms with E-state index in [1.165, 1.54) is 11.5 Å². The molecule has 0 bridgehead atoms. The number of rotatable bonds is 4. The van der Waals surface area contributed by atoms with Crippen LogP contribution in [0.2, 0.25) is 0 Å². The maximum atomic E-state index is 12.5. The minimum Gasteiger partial charge on any atom is -0.355 e. The maximum absolute atomic E-state index is 12.5. The fourth-order valence-electron chi connectivity index (χ4n) is 3.60. The highest BCUT2D eigenvalue weighted by molar-refractivity contribution is 7.99. The van der Waals surface area contributed by atoms with Gasteiger partial charge in [-0.3, -0.25) is 9.69 Å². The van der Waals surface area contributed by atoms with Gasteiger partial charge in [-0.2, -0.15) is 11.8 Å². The van der Waals surface area contributed by atoms with Crippen LogP contribution < -0.4 is 11.1 Å². The van der Waals surface area contributed by atoms with Crippen molar-refractivity contribution in [1.29, 1.82) is 0 Å². The van der Waals surface area contributed by atoms with Crippen molar-refractivity contribution in [2.24, 2.45) is 23.0 Å². The van der Waals surface area contributed by atoms with E-state index >= 15 is 0 Å². The molecule has 1 amide bonds. The van der Waals surface area contributed by atoms with Gasteiger partial charge in [-0.1, -0.05) is 20.8 Å². The summed E-state index contributed by atoms with van der Waals surface area (Å²) >= 11 is 2.02. The van der Waals surface area contributed by atoms with Gasteiger partial charge in [0.25, 0.3) is 0 Å². The summed E-state index contributed by atoms with van der Waals surface area (Å²) < 4.78 is 0. The largest absolute Gasteiger partial charge is 0.355 e. The van der Waals surface area contributed by atoms with E-state index in [4.69, 9.17) is 5.73 Å². The molecule has 1 saturated heterocycles. The molecule has 1 saturated carbocycles. The molecule has 2 aliphatic rings. The number of nitrogens with two attached hydrogens (primary N) is 1. The number of nitrogens with zero attached hydrogens (tertiary/aromatic N) is 1. The van der Waals surface area contributed by atoms with Crippen molar-refractivity contribution >= 4 is 17.7 Å². The second-order valence-corrected chi connectivity index (χ2v) is 8.37. The third kappa shape index (κ3) is 4.14. The Labute approximate surface area is 133 Å². The summed E-state index contributed by atoms with van der Waals surface area (Å²) in [6, 6.07) is 0.231.